The van der Waals surface area contributed by atoms with E-state index in [0.717, 1.165) is 49.1 Å². The van der Waals surface area contributed by atoms with Crippen molar-refractivity contribution in [1.29, 1.82) is 0 Å². The third-order valence-electron chi connectivity index (χ3n) is 4.35. The maximum Gasteiger partial charge on any atom is 0.139 e. The summed E-state index contributed by atoms with van der Waals surface area (Å²) in [7, 11) is 0. The van der Waals surface area contributed by atoms with Crippen molar-refractivity contribution in [2.24, 2.45) is 5.92 Å². The minimum absolute atomic E-state index is 0.338. The van der Waals surface area contributed by atoms with Crippen LogP contribution in [0.5, 0.6) is 0 Å². The Kier molecular flexibility index (Phi) is 4.76. The van der Waals surface area contributed by atoms with Gasteiger partial charge in [-0.05, 0) is 43.0 Å². The molecule has 0 aliphatic carbocycles. The van der Waals surface area contributed by atoms with Crippen LogP contribution in [0.25, 0.3) is 0 Å². The number of nitrogens with zero attached hydrogens (tertiary/aromatic N) is 2. The Morgan fingerprint density at radius 2 is 1.96 bits per heavy atom. The summed E-state index contributed by atoms with van der Waals surface area (Å²) in [4.78, 5) is 2.32. The van der Waals surface area contributed by atoms with Gasteiger partial charge in [0.25, 0.3) is 0 Å². The van der Waals surface area contributed by atoms with E-state index >= 15 is 0 Å². The average Bonchev–Trinajstić information content (AvgIpc) is 3.08. The molecule has 3 nitrogen and oxygen atoms in total. The summed E-state index contributed by atoms with van der Waals surface area (Å²) < 4.78 is 31.9. The summed E-state index contributed by atoms with van der Waals surface area (Å²) in [5.41, 5.74) is 1.68. The lowest BCUT2D eigenvalue weighted by atomic mass is 9.98. The van der Waals surface area contributed by atoms with E-state index in [1.165, 1.54) is 12.1 Å². The summed E-state index contributed by atoms with van der Waals surface area (Å²) in [5.74, 6) is 0.668. The fourth-order valence-electron chi connectivity index (χ4n) is 3.19. The molecule has 0 radical (unpaired) electrons. The summed E-state index contributed by atoms with van der Waals surface area (Å²) in [5, 5.41) is 4.12. The van der Waals surface area contributed by atoms with Crippen molar-refractivity contribution in [1.82, 2.24) is 10.1 Å². The first kappa shape index (κ1) is 16.1. The summed E-state index contributed by atoms with van der Waals surface area (Å²) in [6, 6.07) is 5.79. The molecule has 1 aliphatic heterocycles. The molecule has 2 heterocycles. The van der Waals surface area contributed by atoms with Crippen LogP contribution in [-0.2, 0) is 13.0 Å². The molecule has 2 aromatic rings. The highest BCUT2D eigenvalue weighted by Gasteiger charge is 2.24. The van der Waals surface area contributed by atoms with Crippen molar-refractivity contribution in [3.63, 3.8) is 0 Å². The fourth-order valence-corrected chi connectivity index (χ4v) is 3.19. The van der Waals surface area contributed by atoms with E-state index < -0.39 is 11.6 Å². The van der Waals surface area contributed by atoms with Gasteiger partial charge in [-0.1, -0.05) is 19.0 Å². The monoisotopic (exact) mass is 320 g/mol. The topological polar surface area (TPSA) is 29.3 Å². The van der Waals surface area contributed by atoms with Crippen molar-refractivity contribution in [3.8, 4) is 0 Å². The van der Waals surface area contributed by atoms with Crippen LogP contribution in [0.15, 0.2) is 28.8 Å². The maximum absolute atomic E-state index is 13.3. The fraction of sp³-hybridized carbons (Fsp3) is 0.500. The number of benzene rings is 1. The molecule has 0 bridgehead atoms. The molecular formula is C18H22F2N2O. The minimum atomic E-state index is -0.501. The summed E-state index contributed by atoms with van der Waals surface area (Å²) in [6.07, 6.45) is 1.74. The first-order valence-corrected chi connectivity index (χ1v) is 8.12. The molecule has 0 saturated carbocycles. The molecule has 1 fully saturated rings. The molecule has 5 heteroatoms. The van der Waals surface area contributed by atoms with Gasteiger partial charge in [-0.3, -0.25) is 4.90 Å². The number of hydrogen-bond donors (Lipinski definition) is 0. The lowest BCUT2D eigenvalue weighted by molar-refractivity contribution is 0.298. The van der Waals surface area contributed by atoms with Crippen LogP contribution in [0.1, 0.15) is 43.2 Å². The van der Waals surface area contributed by atoms with Gasteiger partial charge in [0, 0.05) is 31.1 Å². The van der Waals surface area contributed by atoms with E-state index in [9.17, 15) is 8.78 Å². The van der Waals surface area contributed by atoms with E-state index in [0.29, 0.717) is 18.3 Å². The number of hydrogen-bond acceptors (Lipinski definition) is 3. The second-order valence-corrected chi connectivity index (χ2v) is 6.75. The second-order valence-electron chi connectivity index (χ2n) is 6.75. The smallest absolute Gasteiger partial charge is 0.139 e. The molecule has 1 aromatic carbocycles. The lowest BCUT2D eigenvalue weighted by Crippen LogP contribution is -2.20. The minimum Gasteiger partial charge on any atom is -0.361 e. The van der Waals surface area contributed by atoms with Gasteiger partial charge < -0.3 is 4.52 Å². The Labute approximate surface area is 135 Å². The predicted molar refractivity (Wildman–Crippen MR) is 84.0 cm³/mol. The largest absolute Gasteiger partial charge is 0.361 e. The predicted octanol–water partition coefficient (Wildman–Crippen LogP) is 4.14. The van der Waals surface area contributed by atoms with Crippen molar-refractivity contribution in [2.75, 3.05) is 13.1 Å². The SMILES string of the molecule is CC(C)c1cc(CN2CCC(Cc3cc(F)cc(F)c3)C2)no1. The zero-order chi connectivity index (χ0) is 16.4. The lowest BCUT2D eigenvalue weighted by Gasteiger charge is -2.14. The van der Waals surface area contributed by atoms with Crippen LogP contribution in [0, 0.1) is 17.6 Å². The van der Waals surface area contributed by atoms with Crippen molar-refractivity contribution >= 4 is 0 Å². The van der Waals surface area contributed by atoms with Gasteiger partial charge in [0.15, 0.2) is 0 Å². The Morgan fingerprint density at radius 1 is 1.22 bits per heavy atom. The van der Waals surface area contributed by atoms with Gasteiger partial charge in [0.05, 0.1) is 5.69 Å². The Balaban J connectivity index is 1.55. The molecule has 1 aromatic heterocycles. The normalized spacial score (nSPS) is 18.9. The standard InChI is InChI=1S/C18H22F2N2O/c1-12(2)18-9-17(21-23-18)11-22-4-3-13(10-22)5-14-6-15(19)8-16(20)7-14/h6-9,12-13H,3-5,10-11H2,1-2H3. The number of aromatic nitrogens is 1. The van der Waals surface area contributed by atoms with Crippen LogP contribution in [0.2, 0.25) is 0 Å². The van der Waals surface area contributed by atoms with Gasteiger partial charge in [-0.15, -0.1) is 0 Å². The van der Waals surface area contributed by atoms with Gasteiger partial charge in [0.1, 0.15) is 17.4 Å². The van der Waals surface area contributed by atoms with Gasteiger partial charge in [0.2, 0.25) is 0 Å². The van der Waals surface area contributed by atoms with E-state index in [-0.39, 0.29) is 0 Å². The van der Waals surface area contributed by atoms with Crippen LogP contribution >= 0.6 is 0 Å². The van der Waals surface area contributed by atoms with Crippen LogP contribution in [0.3, 0.4) is 0 Å². The first-order valence-electron chi connectivity index (χ1n) is 8.12. The second kappa shape index (κ2) is 6.79. The Bertz CT molecular complexity index is 649. The molecule has 3 rings (SSSR count). The van der Waals surface area contributed by atoms with E-state index in [4.69, 9.17) is 4.52 Å². The zero-order valence-corrected chi connectivity index (χ0v) is 13.6. The molecule has 23 heavy (non-hydrogen) atoms. The van der Waals surface area contributed by atoms with Crippen molar-refractivity contribution < 1.29 is 13.3 Å². The first-order chi connectivity index (χ1) is 11.0. The van der Waals surface area contributed by atoms with Crippen LogP contribution in [-0.4, -0.2) is 23.1 Å². The molecule has 1 atom stereocenters. The van der Waals surface area contributed by atoms with E-state index in [2.05, 4.69) is 23.9 Å². The quantitative estimate of drug-likeness (QED) is 0.829. The van der Waals surface area contributed by atoms with E-state index in [1.807, 2.05) is 6.07 Å². The number of likely N-dealkylation sites (tertiary alicyclic amines) is 1. The number of halogens is 2. The Hall–Kier alpha value is -1.75. The summed E-state index contributed by atoms with van der Waals surface area (Å²) >= 11 is 0. The third-order valence-corrected chi connectivity index (χ3v) is 4.35. The highest BCUT2D eigenvalue weighted by Crippen LogP contribution is 2.24. The molecule has 0 amide bonds. The molecule has 1 aliphatic rings. The number of rotatable bonds is 5. The Morgan fingerprint density at radius 3 is 2.61 bits per heavy atom. The van der Waals surface area contributed by atoms with Crippen molar-refractivity contribution in [3.05, 3.63) is 52.9 Å². The molecule has 0 spiro atoms. The molecular weight excluding hydrogens is 298 g/mol. The molecule has 1 saturated heterocycles. The van der Waals surface area contributed by atoms with Crippen LogP contribution in [0.4, 0.5) is 8.78 Å². The maximum atomic E-state index is 13.3. The highest BCUT2D eigenvalue weighted by molar-refractivity contribution is 5.18. The van der Waals surface area contributed by atoms with Gasteiger partial charge in [-0.2, -0.15) is 0 Å². The van der Waals surface area contributed by atoms with Crippen molar-refractivity contribution in [2.45, 2.75) is 39.2 Å². The molecule has 124 valence electrons. The highest BCUT2D eigenvalue weighted by atomic mass is 19.1. The van der Waals surface area contributed by atoms with E-state index in [1.54, 1.807) is 0 Å². The summed E-state index contributed by atoms with van der Waals surface area (Å²) in [6.45, 7) is 6.82. The van der Waals surface area contributed by atoms with Crippen LogP contribution < -0.4 is 0 Å². The third kappa shape index (κ3) is 4.16. The molecule has 0 N–H and O–H groups in total. The average molecular weight is 320 g/mol. The van der Waals surface area contributed by atoms with Gasteiger partial charge >= 0.3 is 0 Å². The molecule has 1 unspecified atom stereocenters. The van der Waals surface area contributed by atoms with Gasteiger partial charge in [-0.25, -0.2) is 8.78 Å². The zero-order valence-electron chi connectivity index (χ0n) is 13.6.